The summed E-state index contributed by atoms with van der Waals surface area (Å²) in [6, 6.07) is 4.68. The molecule has 1 heterocycles. The van der Waals surface area contributed by atoms with Gasteiger partial charge in [0.05, 0.1) is 4.90 Å². The Morgan fingerprint density at radius 1 is 1.22 bits per heavy atom. The Morgan fingerprint density at radius 2 is 1.91 bits per heavy atom. The van der Waals surface area contributed by atoms with E-state index in [1.165, 1.54) is 16.7 Å². The summed E-state index contributed by atoms with van der Waals surface area (Å²) >= 11 is 0.985. The van der Waals surface area contributed by atoms with Gasteiger partial charge in [-0.15, -0.1) is 4.83 Å². The fourth-order valence-corrected chi connectivity index (χ4v) is 3.52. The normalized spacial score (nSPS) is 11.4. The minimum absolute atomic E-state index is 0.0600. The van der Waals surface area contributed by atoms with Crippen molar-refractivity contribution in [3.8, 4) is 0 Å². The molecule has 23 heavy (non-hydrogen) atoms. The van der Waals surface area contributed by atoms with Crippen molar-refractivity contribution in [2.75, 3.05) is 0 Å². The Bertz CT molecular complexity index is 897. The fourth-order valence-electron chi connectivity index (χ4n) is 1.84. The zero-order chi connectivity index (χ0) is 17.2. The third kappa shape index (κ3) is 4.06. The Morgan fingerprint density at radius 3 is 2.48 bits per heavy atom. The molecule has 2 aromatic rings. The van der Waals surface area contributed by atoms with Crippen molar-refractivity contribution in [3.05, 3.63) is 50.1 Å². The quantitative estimate of drug-likeness (QED) is 0.777. The lowest BCUT2D eigenvalue weighted by atomic mass is 10.1. The smallest absolute Gasteiger partial charge is 0.294 e. The maximum atomic E-state index is 12.1. The van der Waals surface area contributed by atoms with Gasteiger partial charge in [-0.1, -0.05) is 17.4 Å². The van der Waals surface area contributed by atoms with Gasteiger partial charge < -0.3 is 0 Å². The largest absolute Gasteiger partial charge is 0.307 e. The first-order valence-electron chi connectivity index (χ1n) is 6.73. The van der Waals surface area contributed by atoms with Gasteiger partial charge in [-0.25, -0.2) is 8.42 Å². The Hall–Kier alpha value is -1.97. The molecule has 0 saturated carbocycles. The molecule has 0 aliphatic rings. The molecule has 1 amide bonds. The first-order valence-corrected chi connectivity index (χ1v) is 9.10. The van der Waals surface area contributed by atoms with Crippen molar-refractivity contribution in [2.45, 2.75) is 32.2 Å². The average molecular weight is 355 g/mol. The predicted octanol–water partition coefficient (Wildman–Crippen LogP) is 0.845. The number of nitrogens with zero attached hydrogens (tertiary/aromatic N) is 1. The molecule has 0 fully saturated rings. The van der Waals surface area contributed by atoms with Gasteiger partial charge in [0.15, 0.2) is 0 Å². The number of benzene rings is 1. The molecule has 7 nitrogen and oxygen atoms in total. The number of hydrogen-bond donors (Lipinski definition) is 2. The summed E-state index contributed by atoms with van der Waals surface area (Å²) in [5.41, 5.74) is 4.57. The zero-order valence-corrected chi connectivity index (χ0v) is 14.5. The number of carbonyl (C=O) groups is 1. The highest BCUT2D eigenvalue weighted by atomic mass is 32.2. The number of aromatic nitrogens is 1. The van der Waals surface area contributed by atoms with Gasteiger partial charge in [0.25, 0.3) is 15.9 Å². The summed E-state index contributed by atoms with van der Waals surface area (Å²) < 4.78 is 25.6. The molecule has 0 aliphatic heterocycles. The molecule has 9 heteroatoms. The van der Waals surface area contributed by atoms with Gasteiger partial charge in [0.1, 0.15) is 6.54 Å². The second kappa shape index (κ2) is 6.65. The first kappa shape index (κ1) is 17.4. The van der Waals surface area contributed by atoms with E-state index >= 15 is 0 Å². The van der Waals surface area contributed by atoms with E-state index in [1.807, 2.05) is 11.8 Å². The van der Waals surface area contributed by atoms with Crippen molar-refractivity contribution in [1.82, 2.24) is 14.8 Å². The van der Waals surface area contributed by atoms with Gasteiger partial charge in [0, 0.05) is 11.1 Å². The SMILES string of the molecule is Cc1ccc(S(=O)(=O)NNC(=O)Cn2c(C)csc2=O)cc1C. The van der Waals surface area contributed by atoms with Crippen LogP contribution in [0.5, 0.6) is 0 Å². The summed E-state index contributed by atoms with van der Waals surface area (Å²) in [7, 11) is -3.86. The van der Waals surface area contributed by atoms with Crippen LogP contribution in [0.25, 0.3) is 0 Å². The Kier molecular flexibility index (Phi) is 5.03. The minimum atomic E-state index is -3.86. The number of thiazole rings is 1. The number of carbonyl (C=O) groups excluding carboxylic acids is 1. The lowest BCUT2D eigenvalue weighted by Crippen LogP contribution is -2.43. The second-order valence-corrected chi connectivity index (χ2v) is 7.63. The fraction of sp³-hybridized carbons (Fsp3) is 0.286. The minimum Gasteiger partial charge on any atom is -0.294 e. The van der Waals surface area contributed by atoms with Gasteiger partial charge in [-0.05, 0) is 44.0 Å². The number of hydrogen-bond acceptors (Lipinski definition) is 5. The van der Waals surface area contributed by atoms with E-state index in [-0.39, 0.29) is 16.3 Å². The number of amides is 1. The molecule has 0 radical (unpaired) electrons. The van der Waals surface area contributed by atoms with E-state index in [0.29, 0.717) is 5.69 Å². The Balaban J connectivity index is 2.05. The molecular weight excluding hydrogens is 338 g/mol. The highest BCUT2D eigenvalue weighted by Crippen LogP contribution is 2.14. The molecular formula is C14H17N3O4S2. The molecule has 0 saturated heterocycles. The molecule has 124 valence electrons. The number of sulfonamides is 1. The Labute approximate surface area is 138 Å². The van der Waals surface area contributed by atoms with Crippen LogP contribution in [-0.2, 0) is 21.4 Å². The molecule has 0 bridgehead atoms. The lowest BCUT2D eigenvalue weighted by Gasteiger charge is -2.10. The summed E-state index contributed by atoms with van der Waals surface area (Å²) in [5, 5.41) is 1.63. The summed E-state index contributed by atoms with van der Waals surface area (Å²) in [5.74, 6) is -0.624. The summed E-state index contributed by atoms with van der Waals surface area (Å²) in [6.07, 6.45) is 0. The van der Waals surface area contributed by atoms with Crippen molar-refractivity contribution < 1.29 is 13.2 Å². The summed E-state index contributed by atoms with van der Waals surface area (Å²) in [4.78, 5) is 25.2. The van der Waals surface area contributed by atoms with Crippen LogP contribution in [0.15, 0.2) is 33.3 Å². The number of rotatable bonds is 5. The van der Waals surface area contributed by atoms with Crippen LogP contribution in [0.1, 0.15) is 16.8 Å². The standard InChI is InChI=1S/C14H17N3O4S2/c1-9-4-5-12(6-10(9)2)23(20,21)16-15-13(18)7-17-11(3)8-22-14(17)19/h4-6,8,16H,7H2,1-3H3,(H,15,18). The van der Waals surface area contributed by atoms with Crippen LogP contribution in [0, 0.1) is 20.8 Å². The number of aryl methyl sites for hydroxylation is 3. The molecule has 0 atom stereocenters. The van der Waals surface area contributed by atoms with Crippen molar-refractivity contribution in [2.24, 2.45) is 0 Å². The topological polar surface area (TPSA) is 97.3 Å². The van der Waals surface area contributed by atoms with Crippen LogP contribution < -0.4 is 15.1 Å². The first-order chi connectivity index (χ1) is 10.7. The lowest BCUT2D eigenvalue weighted by molar-refractivity contribution is -0.122. The van der Waals surface area contributed by atoms with E-state index in [1.54, 1.807) is 25.3 Å². The maximum absolute atomic E-state index is 12.1. The third-order valence-electron chi connectivity index (χ3n) is 3.39. The summed E-state index contributed by atoms with van der Waals surface area (Å²) in [6.45, 7) is 5.13. The monoisotopic (exact) mass is 355 g/mol. The van der Waals surface area contributed by atoms with Crippen LogP contribution in [0.3, 0.4) is 0 Å². The molecule has 2 N–H and O–H groups in total. The molecule has 1 aromatic heterocycles. The maximum Gasteiger partial charge on any atom is 0.307 e. The van der Waals surface area contributed by atoms with Crippen molar-refractivity contribution in [3.63, 3.8) is 0 Å². The van der Waals surface area contributed by atoms with E-state index in [9.17, 15) is 18.0 Å². The molecule has 0 spiro atoms. The van der Waals surface area contributed by atoms with E-state index < -0.39 is 15.9 Å². The van der Waals surface area contributed by atoms with E-state index in [4.69, 9.17) is 0 Å². The van der Waals surface area contributed by atoms with Crippen LogP contribution in [-0.4, -0.2) is 18.9 Å². The molecule has 0 aliphatic carbocycles. The number of nitrogens with one attached hydrogen (secondary N) is 2. The van der Waals surface area contributed by atoms with Crippen LogP contribution in [0.2, 0.25) is 0 Å². The van der Waals surface area contributed by atoms with Crippen LogP contribution in [0.4, 0.5) is 0 Å². The molecule has 2 rings (SSSR count). The van der Waals surface area contributed by atoms with E-state index in [0.717, 1.165) is 22.5 Å². The highest BCUT2D eigenvalue weighted by Gasteiger charge is 2.16. The highest BCUT2D eigenvalue weighted by molar-refractivity contribution is 7.89. The van der Waals surface area contributed by atoms with E-state index in [2.05, 4.69) is 5.43 Å². The third-order valence-corrected chi connectivity index (χ3v) is 5.52. The van der Waals surface area contributed by atoms with Crippen LogP contribution >= 0.6 is 11.3 Å². The van der Waals surface area contributed by atoms with Gasteiger partial charge in [0.2, 0.25) is 0 Å². The van der Waals surface area contributed by atoms with Gasteiger partial charge >= 0.3 is 4.87 Å². The van der Waals surface area contributed by atoms with Gasteiger partial charge in [-0.2, -0.15) is 0 Å². The zero-order valence-electron chi connectivity index (χ0n) is 12.9. The average Bonchev–Trinajstić information content (AvgIpc) is 2.80. The second-order valence-electron chi connectivity index (χ2n) is 5.13. The number of hydrazine groups is 1. The molecule has 1 aromatic carbocycles. The van der Waals surface area contributed by atoms with Crippen molar-refractivity contribution >= 4 is 27.3 Å². The van der Waals surface area contributed by atoms with Gasteiger partial charge in [-0.3, -0.25) is 19.6 Å². The predicted molar refractivity (Wildman–Crippen MR) is 87.7 cm³/mol. The van der Waals surface area contributed by atoms with Crippen molar-refractivity contribution in [1.29, 1.82) is 0 Å². The molecule has 0 unspecified atom stereocenters.